The number of nitrogens with one attached hydrogen (secondary N) is 1. The maximum atomic E-state index is 12.5. The zero-order chi connectivity index (χ0) is 18.5. The fourth-order valence-corrected chi connectivity index (χ4v) is 3.15. The van der Waals surface area contributed by atoms with Gasteiger partial charge in [-0.2, -0.15) is 4.98 Å². The second kappa shape index (κ2) is 11.1. The maximum absolute atomic E-state index is 12.5. The molecular weight excluding hydrogens is 423 g/mol. The van der Waals surface area contributed by atoms with Crippen LogP contribution in [-0.2, 0) is 6.42 Å². The summed E-state index contributed by atoms with van der Waals surface area (Å²) >= 11 is 1.42. The average molecular weight is 445 g/mol. The molecule has 0 aromatic carbocycles. The number of nitrogens with two attached hydrogens (primary N) is 1. The lowest BCUT2D eigenvalue weighted by Crippen LogP contribution is -2.32. The standard InChI is InChI=1S/C17H20N6O2S.2ClH/c1-10(2)14(21-16(24)12-9-26-13(20-12)5-6-18)17-22-15(23-25-17)11-4-3-7-19-8-11;;/h3-4,7-10,14H,5-6,18H2,1-2H3,(H,21,24);2*1H. The Labute approximate surface area is 179 Å². The number of rotatable bonds is 7. The largest absolute Gasteiger partial charge is 0.339 e. The van der Waals surface area contributed by atoms with Crippen molar-refractivity contribution in [2.45, 2.75) is 26.3 Å². The van der Waals surface area contributed by atoms with Crippen molar-refractivity contribution < 1.29 is 9.32 Å². The van der Waals surface area contributed by atoms with E-state index < -0.39 is 6.04 Å². The summed E-state index contributed by atoms with van der Waals surface area (Å²) in [6.45, 7) is 4.45. The molecule has 11 heteroatoms. The molecule has 0 aliphatic rings. The zero-order valence-corrected chi connectivity index (χ0v) is 17.8. The Kier molecular flexibility index (Phi) is 9.47. The quantitative estimate of drug-likeness (QED) is 0.574. The van der Waals surface area contributed by atoms with Gasteiger partial charge in [0.25, 0.3) is 5.91 Å². The third kappa shape index (κ3) is 5.71. The summed E-state index contributed by atoms with van der Waals surface area (Å²) in [5.41, 5.74) is 6.65. The molecule has 1 atom stereocenters. The van der Waals surface area contributed by atoms with Crippen molar-refractivity contribution in [1.29, 1.82) is 0 Å². The third-order valence-electron chi connectivity index (χ3n) is 3.72. The van der Waals surface area contributed by atoms with Crippen LogP contribution in [0.2, 0.25) is 0 Å². The molecule has 3 N–H and O–H groups in total. The van der Waals surface area contributed by atoms with E-state index in [9.17, 15) is 4.79 Å². The van der Waals surface area contributed by atoms with Crippen molar-refractivity contribution in [2.24, 2.45) is 11.7 Å². The lowest BCUT2D eigenvalue weighted by Gasteiger charge is -2.17. The molecule has 3 aromatic heterocycles. The van der Waals surface area contributed by atoms with Gasteiger partial charge < -0.3 is 15.6 Å². The number of amides is 1. The van der Waals surface area contributed by atoms with Crippen LogP contribution in [0.1, 0.15) is 41.3 Å². The van der Waals surface area contributed by atoms with Gasteiger partial charge in [-0.05, 0) is 24.6 Å². The number of carbonyl (C=O) groups is 1. The summed E-state index contributed by atoms with van der Waals surface area (Å²) < 4.78 is 5.39. The fraction of sp³-hybridized carbons (Fsp3) is 0.353. The molecule has 0 bridgehead atoms. The van der Waals surface area contributed by atoms with Gasteiger partial charge in [0.15, 0.2) is 0 Å². The molecule has 0 saturated carbocycles. The van der Waals surface area contributed by atoms with E-state index in [1.54, 1.807) is 23.8 Å². The van der Waals surface area contributed by atoms with Gasteiger partial charge in [-0.15, -0.1) is 36.2 Å². The minimum absolute atomic E-state index is 0. The van der Waals surface area contributed by atoms with Crippen molar-refractivity contribution >= 4 is 42.1 Å². The van der Waals surface area contributed by atoms with Crippen LogP contribution in [0.15, 0.2) is 34.4 Å². The minimum Gasteiger partial charge on any atom is -0.339 e. The second-order valence-corrected chi connectivity index (χ2v) is 7.00. The van der Waals surface area contributed by atoms with Crippen LogP contribution in [0, 0.1) is 5.92 Å². The van der Waals surface area contributed by atoms with Gasteiger partial charge in [0.1, 0.15) is 11.7 Å². The van der Waals surface area contributed by atoms with Crippen LogP contribution < -0.4 is 11.1 Å². The number of pyridine rings is 1. The molecule has 152 valence electrons. The Morgan fingerprint density at radius 1 is 1.32 bits per heavy atom. The number of aromatic nitrogens is 4. The number of carbonyl (C=O) groups excluding carboxylic acids is 1. The molecule has 0 aliphatic heterocycles. The molecule has 0 saturated heterocycles. The second-order valence-electron chi connectivity index (χ2n) is 6.06. The minimum atomic E-state index is -0.417. The van der Waals surface area contributed by atoms with Crippen molar-refractivity contribution in [2.75, 3.05) is 6.54 Å². The number of hydrogen-bond donors (Lipinski definition) is 2. The molecule has 28 heavy (non-hydrogen) atoms. The molecule has 1 unspecified atom stereocenters. The topological polar surface area (TPSA) is 120 Å². The number of thiazole rings is 1. The van der Waals surface area contributed by atoms with Gasteiger partial charge in [0.05, 0.1) is 5.01 Å². The Morgan fingerprint density at radius 3 is 2.75 bits per heavy atom. The van der Waals surface area contributed by atoms with Crippen molar-refractivity contribution in [3.8, 4) is 11.4 Å². The van der Waals surface area contributed by atoms with E-state index in [-0.39, 0.29) is 36.6 Å². The van der Waals surface area contributed by atoms with Crippen LogP contribution in [0.3, 0.4) is 0 Å². The summed E-state index contributed by atoms with van der Waals surface area (Å²) in [4.78, 5) is 25.3. The highest BCUT2D eigenvalue weighted by molar-refractivity contribution is 7.09. The Balaban J connectivity index is 0.00000196. The fourth-order valence-electron chi connectivity index (χ4n) is 2.36. The van der Waals surface area contributed by atoms with E-state index >= 15 is 0 Å². The first-order valence-corrected chi connectivity index (χ1v) is 9.15. The van der Waals surface area contributed by atoms with E-state index in [4.69, 9.17) is 10.3 Å². The molecule has 0 fully saturated rings. The summed E-state index contributed by atoms with van der Waals surface area (Å²) in [6.07, 6.45) is 3.99. The summed E-state index contributed by atoms with van der Waals surface area (Å²) in [7, 11) is 0. The molecule has 0 aliphatic carbocycles. The highest BCUT2D eigenvalue weighted by Crippen LogP contribution is 2.24. The van der Waals surface area contributed by atoms with Crippen LogP contribution in [0.5, 0.6) is 0 Å². The predicted octanol–water partition coefficient (Wildman–Crippen LogP) is 3.06. The van der Waals surface area contributed by atoms with E-state index in [0.717, 1.165) is 10.6 Å². The molecule has 1 amide bonds. The van der Waals surface area contributed by atoms with Crippen LogP contribution in [-0.4, -0.2) is 32.6 Å². The maximum Gasteiger partial charge on any atom is 0.271 e. The molecular formula is C17H22Cl2N6O2S. The number of halogens is 2. The lowest BCUT2D eigenvalue weighted by molar-refractivity contribution is 0.0909. The molecule has 8 nitrogen and oxygen atoms in total. The third-order valence-corrected chi connectivity index (χ3v) is 4.63. The Morgan fingerprint density at radius 2 is 2.11 bits per heavy atom. The van der Waals surface area contributed by atoms with Crippen LogP contribution in [0.4, 0.5) is 0 Å². The predicted molar refractivity (Wildman–Crippen MR) is 112 cm³/mol. The normalized spacial score (nSPS) is 11.4. The Hall–Kier alpha value is -2.07. The number of hydrogen-bond acceptors (Lipinski definition) is 8. The molecule has 3 rings (SSSR count). The first-order valence-electron chi connectivity index (χ1n) is 8.27. The van der Waals surface area contributed by atoms with E-state index in [2.05, 4.69) is 25.4 Å². The summed E-state index contributed by atoms with van der Waals surface area (Å²) in [5.74, 6) is 0.573. The SMILES string of the molecule is CC(C)C(NC(=O)c1csc(CCN)n1)c1nc(-c2cccnc2)no1.Cl.Cl. The summed E-state index contributed by atoms with van der Waals surface area (Å²) in [5, 5.41) is 9.50. The van der Waals surface area contributed by atoms with Gasteiger partial charge in [0.2, 0.25) is 11.7 Å². The van der Waals surface area contributed by atoms with Gasteiger partial charge >= 0.3 is 0 Å². The van der Waals surface area contributed by atoms with E-state index in [0.29, 0.717) is 30.4 Å². The first-order chi connectivity index (χ1) is 12.6. The van der Waals surface area contributed by atoms with Crippen molar-refractivity contribution in [3.63, 3.8) is 0 Å². The zero-order valence-electron chi connectivity index (χ0n) is 15.4. The van der Waals surface area contributed by atoms with Crippen molar-refractivity contribution in [1.82, 2.24) is 25.4 Å². The van der Waals surface area contributed by atoms with Gasteiger partial charge in [-0.3, -0.25) is 9.78 Å². The highest BCUT2D eigenvalue weighted by Gasteiger charge is 2.26. The van der Waals surface area contributed by atoms with Gasteiger partial charge in [-0.25, -0.2) is 4.98 Å². The first kappa shape index (κ1) is 24.0. The van der Waals surface area contributed by atoms with Gasteiger partial charge in [-0.1, -0.05) is 19.0 Å². The molecule has 0 radical (unpaired) electrons. The molecule has 3 aromatic rings. The molecule has 3 heterocycles. The van der Waals surface area contributed by atoms with Crippen LogP contribution >= 0.6 is 36.2 Å². The summed E-state index contributed by atoms with van der Waals surface area (Å²) in [6, 6.07) is 3.23. The average Bonchev–Trinajstić information content (AvgIpc) is 3.30. The van der Waals surface area contributed by atoms with Crippen molar-refractivity contribution in [3.05, 3.63) is 46.5 Å². The van der Waals surface area contributed by atoms with Gasteiger partial charge in [0, 0.05) is 29.8 Å². The number of nitrogens with zero attached hydrogens (tertiary/aromatic N) is 4. The van der Waals surface area contributed by atoms with E-state index in [1.807, 2.05) is 19.9 Å². The Bertz CT molecular complexity index is 871. The monoisotopic (exact) mass is 444 g/mol. The van der Waals surface area contributed by atoms with Crippen LogP contribution in [0.25, 0.3) is 11.4 Å². The highest BCUT2D eigenvalue weighted by atomic mass is 35.5. The van der Waals surface area contributed by atoms with E-state index in [1.165, 1.54) is 11.3 Å². The smallest absolute Gasteiger partial charge is 0.271 e. The lowest BCUT2D eigenvalue weighted by atomic mass is 10.0. The molecule has 0 spiro atoms.